The molecule has 20 heavy (non-hydrogen) atoms. The van der Waals surface area contributed by atoms with Gasteiger partial charge in [0, 0.05) is 15.5 Å². The number of aryl methyl sites for hydroxylation is 2. The van der Waals surface area contributed by atoms with Crippen LogP contribution in [-0.4, -0.2) is 7.05 Å². The minimum absolute atomic E-state index is 0.264. The minimum atomic E-state index is 0.264. The first-order chi connectivity index (χ1) is 9.52. The smallest absolute Gasteiger partial charge is 0.0438 e. The van der Waals surface area contributed by atoms with Crippen molar-refractivity contribution in [1.82, 2.24) is 5.32 Å². The van der Waals surface area contributed by atoms with Crippen LogP contribution in [0.2, 0.25) is 5.02 Å². The summed E-state index contributed by atoms with van der Waals surface area (Å²) in [5.41, 5.74) is 5.00. The molecule has 3 heteroatoms. The fourth-order valence-corrected chi connectivity index (χ4v) is 2.89. The maximum Gasteiger partial charge on any atom is 0.0438 e. The zero-order valence-corrected chi connectivity index (χ0v) is 14.3. The molecule has 0 aromatic heterocycles. The molecule has 0 radical (unpaired) electrons. The molecule has 0 heterocycles. The van der Waals surface area contributed by atoms with Crippen LogP contribution >= 0.6 is 27.5 Å². The SMILES string of the molecule is CNC(Cc1ccccc1Cl)c1cc(C)c(Br)c(C)c1. The standard InChI is InChI=1S/C17H19BrClN/c1-11-8-14(9-12(2)17(11)18)16(20-3)10-13-6-4-5-7-15(13)19/h4-9,16,20H,10H2,1-3H3. The van der Waals surface area contributed by atoms with Gasteiger partial charge in [0.1, 0.15) is 0 Å². The Labute approximate surface area is 134 Å². The third kappa shape index (κ3) is 3.43. The van der Waals surface area contributed by atoms with Crippen LogP contribution in [-0.2, 0) is 6.42 Å². The lowest BCUT2D eigenvalue weighted by Crippen LogP contribution is -2.19. The summed E-state index contributed by atoms with van der Waals surface area (Å²) in [7, 11) is 1.99. The summed E-state index contributed by atoms with van der Waals surface area (Å²) in [6.07, 6.45) is 0.886. The van der Waals surface area contributed by atoms with E-state index in [2.05, 4.69) is 53.3 Å². The number of benzene rings is 2. The van der Waals surface area contributed by atoms with Crippen LogP contribution in [0.1, 0.15) is 28.3 Å². The first kappa shape index (κ1) is 15.6. The topological polar surface area (TPSA) is 12.0 Å². The van der Waals surface area contributed by atoms with Gasteiger partial charge in [-0.3, -0.25) is 0 Å². The molecule has 2 rings (SSSR count). The summed E-state index contributed by atoms with van der Waals surface area (Å²) >= 11 is 9.89. The van der Waals surface area contributed by atoms with E-state index in [-0.39, 0.29) is 6.04 Å². The summed E-state index contributed by atoms with van der Waals surface area (Å²) in [5, 5.41) is 4.23. The van der Waals surface area contributed by atoms with Crippen LogP contribution in [0, 0.1) is 13.8 Å². The fourth-order valence-electron chi connectivity index (χ4n) is 2.45. The van der Waals surface area contributed by atoms with Crippen molar-refractivity contribution in [2.75, 3.05) is 7.05 Å². The summed E-state index contributed by atoms with van der Waals surface area (Å²) < 4.78 is 1.19. The van der Waals surface area contributed by atoms with Gasteiger partial charge in [-0.2, -0.15) is 0 Å². The van der Waals surface area contributed by atoms with Crippen LogP contribution in [0.25, 0.3) is 0 Å². The van der Waals surface area contributed by atoms with Crippen LogP contribution < -0.4 is 5.32 Å². The van der Waals surface area contributed by atoms with Crippen molar-refractivity contribution in [3.8, 4) is 0 Å². The highest BCUT2D eigenvalue weighted by molar-refractivity contribution is 9.10. The van der Waals surface area contributed by atoms with Crippen LogP contribution in [0.4, 0.5) is 0 Å². The molecule has 0 fully saturated rings. The molecule has 0 aliphatic heterocycles. The molecule has 2 aromatic carbocycles. The molecule has 0 spiro atoms. The van der Waals surface area contributed by atoms with Gasteiger partial charge in [-0.1, -0.05) is 57.9 Å². The lowest BCUT2D eigenvalue weighted by Gasteiger charge is -2.19. The van der Waals surface area contributed by atoms with E-state index in [1.54, 1.807) is 0 Å². The number of rotatable bonds is 4. The van der Waals surface area contributed by atoms with Crippen molar-refractivity contribution in [3.05, 3.63) is 68.1 Å². The fraction of sp³-hybridized carbons (Fsp3) is 0.294. The highest BCUT2D eigenvalue weighted by Crippen LogP contribution is 2.28. The average molecular weight is 353 g/mol. The van der Waals surface area contributed by atoms with Crippen LogP contribution in [0.15, 0.2) is 40.9 Å². The quantitative estimate of drug-likeness (QED) is 0.795. The molecule has 106 valence electrons. The van der Waals surface area contributed by atoms with Gasteiger partial charge in [-0.05, 0) is 55.6 Å². The largest absolute Gasteiger partial charge is 0.313 e. The van der Waals surface area contributed by atoms with Gasteiger partial charge >= 0.3 is 0 Å². The van der Waals surface area contributed by atoms with Crippen LogP contribution in [0.5, 0.6) is 0 Å². The van der Waals surface area contributed by atoms with E-state index in [4.69, 9.17) is 11.6 Å². The molecule has 0 bridgehead atoms. The molecule has 1 N–H and O–H groups in total. The van der Waals surface area contributed by atoms with Crippen molar-refractivity contribution >= 4 is 27.5 Å². The van der Waals surface area contributed by atoms with Gasteiger partial charge in [0.25, 0.3) is 0 Å². The number of halogens is 2. The summed E-state index contributed by atoms with van der Waals surface area (Å²) in [4.78, 5) is 0. The van der Waals surface area contributed by atoms with E-state index in [9.17, 15) is 0 Å². The first-order valence-corrected chi connectivity index (χ1v) is 7.87. The molecule has 0 saturated heterocycles. The Morgan fingerprint density at radius 1 is 1.15 bits per heavy atom. The molecule has 0 amide bonds. The number of hydrogen-bond acceptors (Lipinski definition) is 1. The normalized spacial score (nSPS) is 12.4. The number of likely N-dealkylation sites (N-methyl/N-ethyl adjacent to an activating group) is 1. The highest BCUT2D eigenvalue weighted by Gasteiger charge is 2.14. The van der Waals surface area contributed by atoms with E-state index >= 15 is 0 Å². The van der Waals surface area contributed by atoms with Gasteiger partial charge < -0.3 is 5.32 Å². The third-order valence-electron chi connectivity index (χ3n) is 3.59. The van der Waals surface area contributed by atoms with Gasteiger partial charge in [-0.15, -0.1) is 0 Å². The van der Waals surface area contributed by atoms with Gasteiger partial charge in [-0.25, -0.2) is 0 Å². The predicted molar refractivity (Wildman–Crippen MR) is 90.6 cm³/mol. The second-order valence-electron chi connectivity index (χ2n) is 5.11. The molecule has 0 aliphatic carbocycles. The Balaban J connectivity index is 2.31. The zero-order chi connectivity index (χ0) is 14.7. The van der Waals surface area contributed by atoms with Crippen molar-refractivity contribution in [2.24, 2.45) is 0 Å². The van der Waals surface area contributed by atoms with Gasteiger partial charge in [0.2, 0.25) is 0 Å². The molecular weight excluding hydrogens is 334 g/mol. The van der Waals surface area contributed by atoms with E-state index in [1.165, 1.54) is 26.7 Å². The zero-order valence-electron chi connectivity index (χ0n) is 12.0. The van der Waals surface area contributed by atoms with E-state index in [0.29, 0.717) is 0 Å². The molecule has 2 aromatic rings. The van der Waals surface area contributed by atoms with Crippen molar-refractivity contribution in [1.29, 1.82) is 0 Å². The average Bonchev–Trinajstić information content (AvgIpc) is 2.43. The molecule has 1 atom stereocenters. The highest BCUT2D eigenvalue weighted by atomic mass is 79.9. The lowest BCUT2D eigenvalue weighted by atomic mass is 9.96. The maximum atomic E-state index is 6.27. The first-order valence-electron chi connectivity index (χ1n) is 6.70. The van der Waals surface area contributed by atoms with E-state index < -0.39 is 0 Å². The number of hydrogen-bond donors (Lipinski definition) is 1. The molecule has 0 aliphatic rings. The van der Waals surface area contributed by atoms with Crippen molar-refractivity contribution in [3.63, 3.8) is 0 Å². The predicted octanol–water partition coefficient (Wildman–Crippen LogP) is 5.22. The maximum absolute atomic E-state index is 6.27. The van der Waals surface area contributed by atoms with Crippen molar-refractivity contribution in [2.45, 2.75) is 26.3 Å². The van der Waals surface area contributed by atoms with Gasteiger partial charge in [0.15, 0.2) is 0 Å². The van der Waals surface area contributed by atoms with Crippen LogP contribution in [0.3, 0.4) is 0 Å². The van der Waals surface area contributed by atoms with E-state index in [0.717, 1.165) is 11.4 Å². The Bertz CT molecular complexity index is 587. The third-order valence-corrected chi connectivity index (χ3v) is 5.21. The van der Waals surface area contributed by atoms with Crippen molar-refractivity contribution < 1.29 is 0 Å². The second-order valence-corrected chi connectivity index (χ2v) is 6.31. The monoisotopic (exact) mass is 351 g/mol. The Morgan fingerprint density at radius 2 is 1.75 bits per heavy atom. The minimum Gasteiger partial charge on any atom is -0.313 e. The Hall–Kier alpha value is -0.830. The summed E-state index contributed by atoms with van der Waals surface area (Å²) in [6, 6.07) is 12.8. The van der Waals surface area contributed by atoms with E-state index in [1.807, 2.05) is 25.2 Å². The molecule has 1 unspecified atom stereocenters. The summed E-state index contributed by atoms with van der Waals surface area (Å²) in [6.45, 7) is 4.26. The molecular formula is C17H19BrClN. The molecule has 0 saturated carbocycles. The Morgan fingerprint density at radius 3 is 2.30 bits per heavy atom. The lowest BCUT2D eigenvalue weighted by molar-refractivity contribution is 0.591. The summed E-state index contributed by atoms with van der Waals surface area (Å²) in [5.74, 6) is 0. The number of nitrogens with one attached hydrogen (secondary N) is 1. The van der Waals surface area contributed by atoms with Gasteiger partial charge in [0.05, 0.1) is 0 Å². The second kappa shape index (κ2) is 6.75. The molecule has 1 nitrogen and oxygen atoms in total. The Kier molecular flexibility index (Phi) is 5.25.